The minimum absolute atomic E-state index is 0.122. The summed E-state index contributed by atoms with van der Waals surface area (Å²) in [7, 11) is 1.65. The van der Waals surface area contributed by atoms with Crippen molar-refractivity contribution in [2.45, 2.75) is 26.3 Å². The Labute approximate surface area is 102 Å². The topological polar surface area (TPSA) is 82.3 Å². The summed E-state index contributed by atoms with van der Waals surface area (Å²) < 4.78 is 10.5. The predicted octanol–water partition coefficient (Wildman–Crippen LogP) is 1.29. The first kappa shape index (κ1) is 13.5. The molecule has 96 valence electrons. The van der Waals surface area contributed by atoms with E-state index in [0.717, 1.165) is 6.42 Å². The van der Waals surface area contributed by atoms with Crippen molar-refractivity contribution in [2.24, 2.45) is 0 Å². The molecule has 0 saturated carbocycles. The molecule has 3 N–H and O–H groups in total. The lowest BCUT2D eigenvalue weighted by atomic mass is 10.3. The summed E-state index contributed by atoms with van der Waals surface area (Å²) in [6.45, 7) is 5.18. The first-order chi connectivity index (χ1) is 8.19. The zero-order valence-corrected chi connectivity index (χ0v) is 10.6. The first-order valence-corrected chi connectivity index (χ1v) is 5.67. The minimum Gasteiger partial charge on any atom is -0.476 e. The fraction of sp³-hybridized carbons (Fsp3) is 0.636. The zero-order chi connectivity index (χ0) is 12.7. The third-order valence-corrected chi connectivity index (χ3v) is 2.09. The maximum atomic E-state index is 5.92. The molecule has 1 aromatic heterocycles. The molecular formula is C11H20N4O2. The first-order valence-electron chi connectivity index (χ1n) is 5.67. The van der Waals surface area contributed by atoms with Gasteiger partial charge in [0.2, 0.25) is 5.88 Å². The van der Waals surface area contributed by atoms with Crippen LogP contribution in [0.3, 0.4) is 0 Å². The van der Waals surface area contributed by atoms with Gasteiger partial charge in [-0.25, -0.2) is 4.98 Å². The quantitative estimate of drug-likeness (QED) is 0.747. The van der Waals surface area contributed by atoms with Crippen molar-refractivity contribution in [2.75, 3.05) is 31.4 Å². The molecule has 0 saturated heterocycles. The van der Waals surface area contributed by atoms with Crippen molar-refractivity contribution < 1.29 is 9.47 Å². The lowest BCUT2D eigenvalue weighted by Gasteiger charge is -2.16. The Balaban J connectivity index is 2.72. The van der Waals surface area contributed by atoms with Gasteiger partial charge in [0.15, 0.2) is 5.82 Å². The molecule has 0 aliphatic rings. The van der Waals surface area contributed by atoms with Crippen LogP contribution in [-0.4, -0.2) is 36.3 Å². The van der Waals surface area contributed by atoms with Gasteiger partial charge >= 0.3 is 0 Å². The number of rotatable bonds is 7. The number of aromatic nitrogens is 2. The molecule has 0 amide bonds. The molecule has 0 aliphatic heterocycles. The highest BCUT2D eigenvalue weighted by Gasteiger charge is 2.11. The summed E-state index contributed by atoms with van der Waals surface area (Å²) in [6.07, 6.45) is 2.34. The Kier molecular flexibility index (Phi) is 5.48. The van der Waals surface area contributed by atoms with Gasteiger partial charge in [-0.05, 0) is 13.3 Å². The van der Waals surface area contributed by atoms with Crippen LogP contribution in [0.25, 0.3) is 0 Å². The molecular weight excluding hydrogens is 220 g/mol. The van der Waals surface area contributed by atoms with E-state index in [0.29, 0.717) is 30.6 Å². The normalized spacial score (nSPS) is 12.2. The summed E-state index contributed by atoms with van der Waals surface area (Å²) in [5.74, 6) is 1.00. The van der Waals surface area contributed by atoms with Crippen LogP contribution in [-0.2, 0) is 4.74 Å². The molecule has 1 atom stereocenters. The number of nitrogens with one attached hydrogen (secondary N) is 1. The van der Waals surface area contributed by atoms with E-state index in [1.54, 1.807) is 7.11 Å². The second-order valence-corrected chi connectivity index (χ2v) is 3.79. The van der Waals surface area contributed by atoms with Crippen LogP contribution in [0.1, 0.15) is 20.3 Å². The van der Waals surface area contributed by atoms with Crippen molar-refractivity contribution in [3.63, 3.8) is 0 Å². The van der Waals surface area contributed by atoms with Crippen LogP contribution < -0.4 is 15.8 Å². The number of hydrogen-bond donors (Lipinski definition) is 2. The Morgan fingerprint density at radius 2 is 2.24 bits per heavy atom. The van der Waals surface area contributed by atoms with E-state index in [1.807, 2.05) is 13.8 Å². The molecule has 1 unspecified atom stereocenters. The van der Waals surface area contributed by atoms with Gasteiger partial charge in [0, 0.05) is 13.2 Å². The van der Waals surface area contributed by atoms with E-state index in [1.165, 1.54) is 6.33 Å². The Hall–Kier alpha value is -1.56. The van der Waals surface area contributed by atoms with Gasteiger partial charge in [0.25, 0.3) is 0 Å². The molecule has 0 bridgehead atoms. The second-order valence-electron chi connectivity index (χ2n) is 3.79. The maximum absolute atomic E-state index is 5.92. The number of nitrogen functional groups attached to an aromatic ring is 1. The number of ether oxygens (including phenoxy) is 2. The fourth-order valence-corrected chi connectivity index (χ4v) is 1.33. The van der Waals surface area contributed by atoms with Crippen molar-refractivity contribution >= 4 is 11.5 Å². The van der Waals surface area contributed by atoms with E-state index in [4.69, 9.17) is 15.2 Å². The van der Waals surface area contributed by atoms with E-state index in [-0.39, 0.29) is 6.04 Å². The lowest BCUT2D eigenvalue weighted by Crippen LogP contribution is -2.22. The largest absolute Gasteiger partial charge is 0.476 e. The Bertz CT molecular complexity index is 346. The Morgan fingerprint density at radius 1 is 1.47 bits per heavy atom. The van der Waals surface area contributed by atoms with Gasteiger partial charge in [-0.15, -0.1) is 0 Å². The summed E-state index contributed by atoms with van der Waals surface area (Å²) in [5, 5.41) is 3.15. The summed E-state index contributed by atoms with van der Waals surface area (Å²) in [5.41, 5.74) is 6.35. The smallest absolute Gasteiger partial charge is 0.242 e. The van der Waals surface area contributed by atoms with Crippen molar-refractivity contribution in [1.29, 1.82) is 0 Å². The number of nitrogens with two attached hydrogens (primary N) is 1. The monoisotopic (exact) mass is 240 g/mol. The second kappa shape index (κ2) is 6.90. The van der Waals surface area contributed by atoms with Crippen LogP contribution in [0.2, 0.25) is 0 Å². The standard InChI is InChI=1S/C11H20N4O2/c1-4-5-17-11-9(12)10(13-7-14-11)15-8(2)6-16-3/h7-8H,4-6,12H2,1-3H3,(H,13,14,15). The molecule has 0 radical (unpaired) electrons. The van der Waals surface area contributed by atoms with E-state index < -0.39 is 0 Å². The fourth-order valence-electron chi connectivity index (χ4n) is 1.33. The van der Waals surface area contributed by atoms with E-state index >= 15 is 0 Å². The predicted molar refractivity (Wildman–Crippen MR) is 67.2 cm³/mol. The maximum Gasteiger partial charge on any atom is 0.242 e. The average Bonchev–Trinajstić information content (AvgIpc) is 2.30. The third-order valence-electron chi connectivity index (χ3n) is 2.09. The molecule has 0 aliphatic carbocycles. The van der Waals surface area contributed by atoms with Crippen LogP contribution >= 0.6 is 0 Å². The molecule has 1 heterocycles. The van der Waals surface area contributed by atoms with Crippen molar-refractivity contribution in [3.05, 3.63) is 6.33 Å². The van der Waals surface area contributed by atoms with Gasteiger partial charge in [0.05, 0.1) is 13.2 Å². The number of methoxy groups -OCH3 is 1. The molecule has 6 nitrogen and oxygen atoms in total. The summed E-state index contributed by atoms with van der Waals surface area (Å²) >= 11 is 0. The van der Waals surface area contributed by atoms with Gasteiger partial charge < -0.3 is 20.5 Å². The highest BCUT2D eigenvalue weighted by molar-refractivity contribution is 5.66. The molecule has 0 fully saturated rings. The SMILES string of the molecule is CCCOc1ncnc(NC(C)COC)c1N. The minimum atomic E-state index is 0.122. The highest BCUT2D eigenvalue weighted by atomic mass is 16.5. The molecule has 1 rings (SSSR count). The Morgan fingerprint density at radius 3 is 2.88 bits per heavy atom. The number of nitrogens with zero attached hydrogens (tertiary/aromatic N) is 2. The van der Waals surface area contributed by atoms with Gasteiger partial charge in [-0.2, -0.15) is 4.98 Å². The zero-order valence-electron chi connectivity index (χ0n) is 10.6. The highest BCUT2D eigenvalue weighted by Crippen LogP contribution is 2.25. The van der Waals surface area contributed by atoms with Crippen LogP contribution in [0.4, 0.5) is 11.5 Å². The van der Waals surface area contributed by atoms with Crippen LogP contribution in [0, 0.1) is 0 Å². The molecule has 6 heteroatoms. The molecule has 0 aromatic carbocycles. The molecule has 1 aromatic rings. The number of hydrogen-bond acceptors (Lipinski definition) is 6. The summed E-state index contributed by atoms with van der Waals surface area (Å²) in [4.78, 5) is 8.09. The van der Waals surface area contributed by atoms with Crippen LogP contribution in [0.15, 0.2) is 6.33 Å². The lowest BCUT2D eigenvalue weighted by molar-refractivity contribution is 0.190. The van der Waals surface area contributed by atoms with Crippen molar-refractivity contribution in [1.82, 2.24) is 9.97 Å². The average molecular weight is 240 g/mol. The van der Waals surface area contributed by atoms with E-state index in [9.17, 15) is 0 Å². The van der Waals surface area contributed by atoms with Gasteiger partial charge in [-0.3, -0.25) is 0 Å². The van der Waals surface area contributed by atoms with Gasteiger partial charge in [0.1, 0.15) is 12.0 Å². The number of anilines is 2. The van der Waals surface area contributed by atoms with E-state index in [2.05, 4.69) is 15.3 Å². The summed E-state index contributed by atoms with van der Waals surface area (Å²) in [6, 6.07) is 0.122. The molecule has 17 heavy (non-hydrogen) atoms. The van der Waals surface area contributed by atoms with Gasteiger partial charge in [-0.1, -0.05) is 6.92 Å². The third kappa shape index (κ3) is 4.07. The van der Waals surface area contributed by atoms with Crippen molar-refractivity contribution in [3.8, 4) is 5.88 Å². The molecule has 0 spiro atoms. The van der Waals surface area contributed by atoms with Crippen LogP contribution in [0.5, 0.6) is 5.88 Å².